The molecule has 2 aromatic carbocycles. The van der Waals surface area contributed by atoms with E-state index in [0.29, 0.717) is 11.3 Å². The summed E-state index contributed by atoms with van der Waals surface area (Å²) < 4.78 is 14.5. The van der Waals surface area contributed by atoms with Crippen LogP contribution in [-0.4, -0.2) is 37.6 Å². The van der Waals surface area contributed by atoms with E-state index in [9.17, 15) is 9.18 Å². The van der Waals surface area contributed by atoms with E-state index in [1.165, 1.54) is 38.4 Å². The van der Waals surface area contributed by atoms with Crippen molar-refractivity contribution in [2.75, 3.05) is 32.0 Å². The lowest BCUT2D eigenvalue weighted by Crippen LogP contribution is -2.29. The summed E-state index contributed by atoms with van der Waals surface area (Å²) >= 11 is 0. The molecule has 0 saturated carbocycles. The molecule has 1 amide bonds. The first-order valence-corrected chi connectivity index (χ1v) is 11.0. The number of anilines is 1. The Bertz CT molecular complexity index is 1060. The minimum Gasteiger partial charge on any atom is -0.384 e. The summed E-state index contributed by atoms with van der Waals surface area (Å²) in [6, 6.07) is 14.6. The van der Waals surface area contributed by atoms with E-state index in [1.54, 1.807) is 6.07 Å². The number of hydrogen-bond donors (Lipinski definition) is 3. The lowest BCUT2D eigenvalue weighted by Gasteiger charge is -2.22. The fraction of sp³-hybridized carbons (Fsp3) is 0.360. The molecule has 3 N–H and O–H groups in total. The highest BCUT2D eigenvalue weighted by atomic mass is 19.1. The van der Waals surface area contributed by atoms with Gasteiger partial charge in [-0.15, -0.1) is 0 Å². The molecule has 0 bridgehead atoms. The number of hydrogen-bond acceptors (Lipinski definition) is 4. The van der Waals surface area contributed by atoms with E-state index in [0.717, 1.165) is 48.6 Å². The molecule has 0 spiro atoms. The number of benzene rings is 2. The van der Waals surface area contributed by atoms with Crippen LogP contribution in [0.15, 0.2) is 48.5 Å². The van der Waals surface area contributed by atoms with Gasteiger partial charge in [0.05, 0.1) is 16.8 Å². The highest BCUT2D eigenvalue weighted by molar-refractivity contribution is 5.96. The zero-order valence-electron chi connectivity index (χ0n) is 17.9. The fourth-order valence-electron chi connectivity index (χ4n) is 4.25. The average Bonchev–Trinajstić information content (AvgIpc) is 2.81. The fourth-order valence-corrected chi connectivity index (χ4v) is 4.25. The van der Waals surface area contributed by atoms with Gasteiger partial charge in [0.2, 0.25) is 0 Å². The Morgan fingerprint density at radius 3 is 2.87 bits per heavy atom. The maximum absolute atomic E-state index is 14.5. The molecule has 6 heteroatoms. The molecule has 1 atom stereocenters. The van der Waals surface area contributed by atoms with Crippen molar-refractivity contribution in [2.24, 2.45) is 5.92 Å². The van der Waals surface area contributed by atoms with E-state index >= 15 is 0 Å². The van der Waals surface area contributed by atoms with E-state index in [4.69, 9.17) is 4.98 Å². The Hall–Kier alpha value is -2.99. The van der Waals surface area contributed by atoms with Crippen LogP contribution in [0.4, 0.5) is 10.1 Å². The molecule has 1 aliphatic rings. The van der Waals surface area contributed by atoms with Crippen molar-refractivity contribution in [3.63, 3.8) is 0 Å². The Balaban J connectivity index is 1.55. The van der Waals surface area contributed by atoms with Gasteiger partial charge >= 0.3 is 0 Å². The molecule has 2 heterocycles. The van der Waals surface area contributed by atoms with Gasteiger partial charge in [0, 0.05) is 30.2 Å². The highest BCUT2D eigenvalue weighted by Gasteiger charge is 2.14. The number of nitrogens with zero attached hydrogens (tertiary/aromatic N) is 1. The molecule has 1 aliphatic heterocycles. The SMILES string of the molecule is CNC(=O)c1ccc(-c2cc(NCCCC3CCCNC3)c3ccccc3n2)cc1F. The summed E-state index contributed by atoms with van der Waals surface area (Å²) in [5, 5.41) is 10.6. The number of amides is 1. The van der Waals surface area contributed by atoms with Crippen LogP contribution in [0.5, 0.6) is 0 Å². The van der Waals surface area contributed by atoms with Crippen molar-refractivity contribution < 1.29 is 9.18 Å². The third kappa shape index (κ3) is 5.02. The van der Waals surface area contributed by atoms with Crippen LogP contribution in [0.25, 0.3) is 22.2 Å². The number of pyridine rings is 1. The Kier molecular flexibility index (Phi) is 6.77. The summed E-state index contributed by atoms with van der Waals surface area (Å²) in [7, 11) is 1.49. The summed E-state index contributed by atoms with van der Waals surface area (Å²) in [5.74, 6) is -0.226. The van der Waals surface area contributed by atoms with Crippen molar-refractivity contribution in [1.82, 2.24) is 15.6 Å². The number of halogens is 1. The second-order valence-electron chi connectivity index (χ2n) is 8.13. The summed E-state index contributed by atoms with van der Waals surface area (Å²) in [4.78, 5) is 16.5. The summed E-state index contributed by atoms with van der Waals surface area (Å²) in [6.45, 7) is 3.15. The molecule has 1 saturated heterocycles. The van der Waals surface area contributed by atoms with Crippen LogP contribution >= 0.6 is 0 Å². The smallest absolute Gasteiger partial charge is 0.253 e. The molecule has 1 fully saturated rings. The molecule has 3 aromatic rings. The van der Waals surface area contributed by atoms with E-state index < -0.39 is 11.7 Å². The predicted molar refractivity (Wildman–Crippen MR) is 124 cm³/mol. The van der Waals surface area contributed by atoms with Gasteiger partial charge in [0.25, 0.3) is 5.91 Å². The van der Waals surface area contributed by atoms with Crippen LogP contribution < -0.4 is 16.0 Å². The van der Waals surface area contributed by atoms with Gasteiger partial charge in [-0.3, -0.25) is 4.79 Å². The molecular weight excluding hydrogens is 391 g/mol. The van der Waals surface area contributed by atoms with Gasteiger partial charge in [0.15, 0.2) is 0 Å². The van der Waals surface area contributed by atoms with Crippen LogP contribution in [-0.2, 0) is 0 Å². The minimum absolute atomic E-state index is 0.0302. The van der Waals surface area contributed by atoms with Crippen LogP contribution in [0.3, 0.4) is 0 Å². The number of piperidine rings is 1. The largest absolute Gasteiger partial charge is 0.384 e. The predicted octanol–water partition coefficient (Wildman–Crippen LogP) is 4.59. The number of fused-ring (bicyclic) bond motifs is 1. The first-order chi connectivity index (χ1) is 15.2. The number of para-hydroxylation sites is 1. The maximum atomic E-state index is 14.5. The number of nitrogens with one attached hydrogen (secondary N) is 3. The minimum atomic E-state index is -0.553. The van der Waals surface area contributed by atoms with Crippen molar-refractivity contribution >= 4 is 22.5 Å². The number of rotatable bonds is 7. The first-order valence-electron chi connectivity index (χ1n) is 11.0. The first kappa shape index (κ1) is 21.2. The molecule has 1 unspecified atom stereocenters. The van der Waals surface area contributed by atoms with Gasteiger partial charge in [0.1, 0.15) is 5.82 Å². The highest BCUT2D eigenvalue weighted by Crippen LogP contribution is 2.29. The monoisotopic (exact) mass is 420 g/mol. The lowest BCUT2D eigenvalue weighted by molar-refractivity contribution is 0.0959. The average molecular weight is 421 g/mol. The van der Waals surface area contributed by atoms with Crippen molar-refractivity contribution in [2.45, 2.75) is 25.7 Å². The second-order valence-corrected chi connectivity index (χ2v) is 8.13. The molecule has 31 heavy (non-hydrogen) atoms. The zero-order chi connectivity index (χ0) is 21.6. The standard InChI is InChI=1S/C25H29FN4O/c1-27-25(31)19-11-10-18(14-21(19)26)23-15-24(20-8-2-3-9-22(20)30-23)29-13-5-7-17-6-4-12-28-16-17/h2-3,8-11,14-15,17,28H,4-7,12-13,16H2,1H3,(H,27,31)(H,29,30). The van der Waals surface area contributed by atoms with Crippen LogP contribution in [0.2, 0.25) is 0 Å². The quantitative estimate of drug-likeness (QED) is 0.489. The molecule has 162 valence electrons. The Morgan fingerprint density at radius 1 is 1.23 bits per heavy atom. The summed E-state index contributed by atoms with van der Waals surface area (Å²) in [5.41, 5.74) is 3.21. The van der Waals surface area contributed by atoms with Crippen LogP contribution in [0, 0.1) is 11.7 Å². The number of aromatic nitrogens is 1. The molecule has 0 radical (unpaired) electrons. The van der Waals surface area contributed by atoms with E-state index in [2.05, 4.69) is 22.0 Å². The van der Waals surface area contributed by atoms with E-state index in [1.807, 2.05) is 24.3 Å². The molecular formula is C25H29FN4O. The van der Waals surface area contributed by atoms with Gasteiger partial charge in [-0.05, 0) is 69.0 Å². The summed E-state index contributed by atoms with van der Waals surface area (Å²) in [6.07, 6.45) is 4.90. The third-order valence-corrected chi connectivity index (χ3v) is 5.96. The van der Waals surface area contributed by atoms with Gasteiger partial charge in [-0.25, -0.2) is 9.37 Å². The van der Waals surface area contributed by atoms with Crippen LogP contribution in [0.1, 0.15) is 36.0 Å². The topological polar surface area (TPSA) is 66.1 Å². The molecule has 4 rings (SSSR count). The normalized spacial score (nSPS) is 16.3. The number of carbonyl (C=O) groups is 1. The number of carbonyl (C=O) groups excluding carboxylic acids is 1. The zero-order valence-corrected chi connectivity index (χ0v) is 17.9. The van der Waals surface area contributed by atoms with Gasteiger partial charge in [-0.1, -0.05) is 24.3 Å². The third-order valence-electron chi connectivity index (χ3n) is 5.96. The Labute approximate surface area is 182 Å². The second kappa shape index (κ2) is 9.88. The van der Waals surface area contributed by atoms with Crippen molar-refractivity contribution in [3.05, 3.63) is 59.9 Å². The Morgan fingerprint density at radius 2 is 2.10 bits per heavy atom. The van der Waals surface area contributed by atoms with Gasteiger partial charge in [-0.2, -0.15) is 0 Å². The lowest BCUT2D eigenvalue weighted by atomic mass is 9.95. The molecule has 0 aliphatic carbocycles. The van der Waals surface area contributed by atoms with Crippen molar-refractivity contribution in [3.8, 4) is 11.3 Å². The van der Waals surface area contributed by atoms with E-state index in [-0.39, 0.29) is 5.56 Å². The molecule has 5 nitrogen and oxygen atoms in total. The maximum Gasteiger partial charge on any atom is 0.253 e. The van der Waals surface area contributed by atoms with Gasteiger partial charge < -0.3 is 16.0 Å². The molecule has 1 aromatic heterocycles. The van der Waals surface area contributed by atoms with Crippen molar-refractivity contribution in [1.29, 1.82) is 0 Å².